The number of aliphatic carboxylic acids is 2. The lowest BCUT2D eigenvalue weighted by Crippen LogP contribution is -2.59. The normalized spacial score (nSPS) is 15.1. The molecule has 8 atom stereocenters. The topological polar surface area (TPSA) is 296 Å². The van der Waals surface area contributed by atoms with Gasteiger partial charge in [0, 0.05) is 19.0 Å². The zero-order chi connectivity index (χ0) is 46.2. The summed E-state index contributed by atoms with van der Waals surface area (Å²) in [6.07, 6.45) is 1.93. The molecule has 18 heteroatoms. The summed E-state index contributed by atoms with van der Waals surface area (Å²) in [5.74, 6) is -5.90. The second kappa shape index (κ2) is 28.2. The van der Waals surface area contributed by atoms with Crippen LogP contribution in [0.5, 0.6) is 0 Å². The van der Waals surface area contributed by atoms with E-state index in [0.717, 1.165) is 11.1 Å². The largest absolute Gasteiger partial charge is 0.481 e. The summed E-state index contributed by atoms with van der Waals surface area (Å²) in [6.45, 7) is 9.29. The third kappa shape index (κ3) is 20.4. The predicted molar refractivity (Wildman–Crippen MR) is 235 cm³/mol. The first kappa shape index (κ1) is 52.7. The van der Waals surface area contributed by atoms with Crippen LogP contribution in [0.25, 0.3) is 0 Å². The molecule has 0 fully saturated rings. The van der Waals surface area contributed by atoms with Crippen LogP contribution in [0.15, 0.2) is 60.7 Å². The second-order valence-corrected chi connectivity index (χ2v) is 16.0. The van der Waals surface area contributed by atoms with E-state index in [2.05, 4.69) is 37.2 Å². The summed E-state index contributed by atoms with van der Waals surface area (Å²) < 4.78 is 0. The molecule has 1 unspecified atom stereocenters. The van der Waals surface area contributed by atoms with Gasteiger partial charge in [0.15, 0.2) is 0 Å². The average Bonchev–Trinajstić information content (AvgIpc) is 3.22. The minimum Gasteiger partial charge on any atom is -0.481 e. The smallest absolute Gasteiger partial charge is 0.326 e. The monoisotopic (exact) mass is 868 g/mol. The Labute approximate surface area is 364 Å². The lowest BCUT2D eigenvalue weighted by atomic mass is 9.99. The van der Waals surface area contributed by atoms with Gasteiger partial charge in [-0.2, -0.15) is 0 Å². The van der Waals surface area contributed by atoms with Gasteiger partial charge in [-0.1, -0.05) is 94.3 Å². The molecule has 2 aromatic rings. The Kier molecular flexibility index (Phi) is 24.0. The molecule has 0 spiro atoms. The number of hydrogen-bond acceptors (Lipinski definition) is 11. The third-order valence-electron chi connectivity index (χ3n) is 10.1. The molecule has 0 aliphatic carbocycles. The van der Waals surface area contributed by atoms with Gasteiger partial charge in [0.2, 0.25) is 29.5 Å². The fourth-order valence-corrected chi connectivity index (χ4v) is 6.48. The third-order valence-corrected chi connectivity index (χ3v) is 10.1. The molecule has 0 saturated heterocycles. The van der Waals surface area contributed by atoms with Gasteiger partial charge in [-0.05, 0) is 76.0 Å². The highest BCUT2D eigenvalue weighted by Gasteiger charge is 2.32. The van der Waals surface area contributed by atoms with Gasteiger partial charge in [-0.15, -0.1) is 0 Å². The Morgan fingerprint density at radius 3 is 1.73 bits per heavy atom. The van der Waals surface area contributed by atoms with Crippen molar-refractivity contribution >= 4 is 41.5 Å². The van der Waals surface area contributed by atoms with E-state index < -0.39 is 90.2 Å². The fraction of sp³-hybridized carbons (Fsp3) is 0.568. The van der Waals surface area contributed by atoms with Crippen molar-refractivity contribution in [3.05, 3.63) is 71.8 Å². The molecule has 5 amide bonds. The van der Waals surface area contributed by atoms with E-state index in [0.29, 0.717) is 38.6 Å². The predicted octanol–water partition coefficient (Wildman–Crippen LogP) is 0.671. The molecule has 0 saturated carbocycles. The van der Waals surface area contributed by atoms with Gasteiger partial charge >= 0.3 is 11.9 Å². The Morgan fingerprint density at radius 1 is 0.597 bits per heavy atom. The standard InChI is InChI=1S/C44H69N9O9/c1-6-7-20-35(44(61)62)52-39(56)28(4)49-41(58)34(21-22-37(54)55)51-42(59)36(25-31-17-12-9-13-18-31)48-26-32(24-30-15-10-8-11-16-30)50-43(60)38(27(2)3)53-40(57)33(46)19-14-23-47-29(5)45/h8-13,15-18,27-29,32-36,38,47-48H,6-7,14,19-26,45-46H2,1-5H3,(H,49,58)(H,50,60)(H,51,59)(H,52,56)(H,53,57)(H,54,55)(H,61,62)/t28-,29?,32-,33-,34-,35-,36-,38-/m0/s1. The molecule has 0 heterocycles. The summed E-state index contributed by atoms with van der Waals surface area (Å²) in [5.41, 5.74) is 13.6. The zero-order valence-electron chi connectivity index (χ0n) is 36.7. The zero-order valence-corrected chi connectivity index (χ0v) is 36.7. The molecular formula is C44H69N9O9. The molecule has 0 aliphatic rings. The number of carboxylic acid groups (broad SMARTS) is 2. The highest BCUT2D eigenvalue weighted by molar-refractivity contribution is 5.94. The van der Waals surface area contributed by atoms with Crippen LogP contribution >= 0.6 is 0 Å². The van der Waals surface area contributed by atoms with E-state index in [1.165, 1.54) is 6.92 Å². The van der Waals surface area contributed by atoms with Crippen LogP contribution in [0, 0.1) is 5.92 Å². The van der Waals surface area contributed by atoms with Gasteiger partial charge in [0.25, 0.3) is 0 Å². The Hall–Kier alpha value is -5.43. The van der Waals surface area contributed by atoms with E-state index in [-0.39, 0.29) is 37.9 Å². The molecule has 0 radical (unpaired) electrons. The number of carbonyl (C=O) groups is 7. The quantitative estimate of drug-likeness (QED) is 0.0381. The van der Waals surface area contributed by atoms with Gasteiger partial charge in [-0.3, -0.25) is 28.8 Å². The Bertz CT molecular complexity index is 1720. The van der Waals surface area contributed by atoms with Crippen molar-refractivity contribution < 1.29 is 43.8 Å². The molecule has 13 N–H and O–H groups in total. The maximum Gasteiger partial charge on any atom is 0.326 e. The summed E-state index contributed by atoms with van der Waals surface area (Å²) in [7, 11) is 0. The van der Waals surface area contributed by atoms with E-state index in [4.69, 9.17) is 11.5 Å². The number of hydrogen-bond donors (Lipinski definition) is 11. The van der Waals surface area contributed by atoms with Crippen LogP contribution < -0.4 is 48.7 Å². The van der Waals surface area contributed by atoms with E-state index >= 15 is 0 Å². The molecule has 2 rings (SSSR count). The number of amides is 5. The molecule has 2 aromatic carbocycles. The minimum atomic E-state index is -1.38. The molecular weight excluding hydrogens is 799 g/mol. The van der Waals surface area contributed by atoms with Crippen molar-refractivity contribution in [1.29, 1.82) is 0 Å². The molecule has 0 aromatic heterocycles. The Balaban J connectivity index is 2.32. The first-order valence-electron chi connectivity index (χ1n) is 21.4. The van der Waals surface area contributed by atoms with Crippen molar-refractivity contribution in [3.63, 3.8) is 0 Å². The van der Waals surface area contributed by atoms with E-state index in [1.54, 1.807) is 26.0 Å². The molecule has 62 heavy (non-hydrogen) atoms. The maximum absolute atomic E-state index is 14.1. The molecule has 0 bridgehead atoms. The van der Waals surface area contributed by atoms with Crippen LogP contribution in [0.2, 0.25) is 0 Å². The highest BCUT2D eigenvalue weighted by Crippen LogP contribution is 2.10. The van der Waals surface area contributed by atoms with Crippen LogP contribution in [0.4, 0.5) is 0 Å². The maximum atomic E-state index is 14.1. The Morgan fingerprint density at radius 2 is 1.18 bits per heavy atom. The lowest BCUT2D eigenvalue weighted by molar-refractivity contribution is -0.142. The van der Waals surface area contributed by atoms with Crippen LogP contribution in [-0.2, 0) is 46.4 Å². The van der Waals surface area contributed by atoms with Crippen LogP contribution in [0.1, 0.15) is 90.7 Å². The SMILES string of the molecule is CCCC[C@H](NC(=O)[C@H](C)NC(=O)[C@H](CCC(=O)O)NC(=O)[C@H](Cc1ccccc1)NC[C@H](Cc1ccccc1)NC(=O)[C@@H](NC(=O)[C@@H](N)CCCNC(C)N)C(C)C)C(=O)O. The van der Waals surface area contributed by atoms with Gasteiger partial charge in [0.05, 0.1) is 18.2 Å². The van der Waals surface area contributed by atoms with Crippen LogP contribution in [0.3, 0.4) is 0 Å². The summed E-state index contributed by atoms with van der Waals surface area (Å²) in [4.78, 5) is 91.0. The summed E-state index contributed by atoms with van der Waals surface area (Å²) in [6, 6.07) is 11.3. The summed E-state index contributed by atoms with van der Waals surface area (Å²) >= 11 is 0. The number of rotatable bonds is 30. The van der Waals surface area contributed by atoms with Gasteiger partial charge in [0.1, 0.15) is 24.2 Å². The van der Waals surface area contributed by atoms with E-state index in [1.807, 2.05) is 62.4 Å². The number of benzene rings is 2. The van der Waals surface area contributed by atoms with Crippen molar-refractivity contribution in [1.82, 2.24) is 37.2 Å². The molecule has 18 nitrogen and oxygen atoms in total. The second-order valence-electron chi connectivity index (χ2n) is 16.0. The van der Waals surface area contributed by atoms with Crippen molar-refractivity contribution in [2.24, 2.45) is 17.4 Å². The average molecular weight is 868 g/mol. The summed E-state index contributed by atoms with van der Waals surface area (Å²) in [5, 5.41) is 38.8. The fourth-order valence-electron chi connectivity index (χ4n) is 6.48. The number of unbranched alkanes of at least 4 members (excludes halogenated alkanes) is 1. The van der Waals surface area contributed by atoms with E-state index in [9.17, 15) is 43.8 Å². The highest BCUT2D eigenvalue weighted by atomic mass is 16.4. The number of nitrogens with one attached hydrogen (secondary N) is 7. The lowest BCUT2D eigenvalue weighted by Gasteiger charge is -2.29. The number of carboxylic acids is 2. The van der Waals surface area contributed by atoms with Gasteiger partial charge < -0.3 is 58.9 Å². The first-order valence-corrected chi connectivity index (χ1v) is 21.4. The first-order chi connectivity index (χ1) is 29.4. The van der Waals surface area contributed by atoms with Crippen molar-refractivity contribution in [3.8, 4) is 0 Å². The van der Waals surface area contributed by atoms with Crippen molar-refractivity contribution in [2.75, 3.05) is 13.1 Å². The molecule has 0 aliphatic heterocycles. The van der Waals surface area contributed by atoms with Crippen molar-refractivity contribution in [2.45, 2.75) is 141 Å². The number of nitrogens with two attached hydrogens (primary N) is 2. The number of carbonyl (C=O) groups excluding carboxylic acids is 5. The minimum absolute atomic E-state index is 0.0579. The molecule has 344 valence electrons. The van der Waals surface area contributed by atoms with Gasteiger partial charge in [-0.25, -0.2) is 4.79 Å². The van der Waals surface area contributed by atoms with Crippen LogP contribution in [-0.4, -0.2) is 113 Å².